The molecule has 1 atom stereocenters. The largest absolute Gasteiger partial charge is 0.481 e. The molecular formula is C25H22ClF4N3O7. The minimum atomic E-state index is -5.02. The number of aliphatic carboxylic acids is 1. The molecule has 214 valence electrons. The number of hydrogen-bond acceptors (Lipinski definition) is 6. The van der Waals surface area contributed by atoms with Crippen molar-refractivity contribution in [3.05, 3.63) is 91.5 Å². The van der Waals surface area contributed by atoms with E-state index in [-0.39, 0.29) is 33.4 Å². The first-order valence-corrected chi connectivity index (χ1v) is 11.8. The summed E-state index contributed by atoms with van der Waals surface area (Å²) in [5, 5.41) is 9.42. The van der Waals surface area contributed by atoms with E-state index in [1.165, 1.54) is 6.92 Å². The average molecular weight is 588 g/mol. The lowest BCUT2D eigenvalue weighted by atomic mass is 10.2. The van der Waals surface area contributed by atoms with Crippen LogP contribution in [0.5, 0.6) is 5.75 Å². The van der Waals surface area contributed by atoms with Crippen LogP contribution in [0.2, 0.25) is 5.02 Å². The van der Waals surface area contributed by atoms with Crippen LogP contribution in [0.1, 0.15) is 24.6 Å². The summed E-state index contributed by atoms with van der Waals surface area (Å²) in [6, 6.07) is 10.2. The molecule has 10 nitrogen and oxygen atoms in total. The standard InChI is InChI=1S/C25H22ClF4N3O7/c1-14(23(37)32(9-8-22(35)36)39-13-15-6-4-3-5-7-15)40-19-11-18(17(27)10-16(19)26)33-21(34)12-20(25(28,29)30)31(2)24(33)38/h3-7,10-12,14H,8-9,13H2,1-2H3,(H,35,36). The van der Waals surface area contributed by atoms with Gasteiger partial charge in [0.05, 0.1) is 23.7 Å². The van der Waals surface area contributed by atoms with Crippen molar-refractivity contribution in [3.63, 3.8) is 0 Å². The quantitative estimate of drug-likeness (QED) is 0.285. The van der Waals surface area contributed by atoms with Gasteiger partial charge in [-0.2, -0.15) is 13.2 Å². The molecule has 1 N–H and O–H groups in total. The number of carbonyl (C=O) groups excluding carboxylic acids is 1. The van der Waals surface area contributed by atoms with Crippen LogP contribution in [-0.2, 0) is 34.3 Å². The third-order valence-corrected chi connectivity index (χ3v) is 5.80. The Labute approximate surface area is 228 Å². The van der Waals surface area contributed by atoms with Crippen LogP contribution in [0.4, 0.5) is 17.6 Å². The molecule has 15 heteroatoms. The van der Waals surface area contributed by atoms with Gasteiger partial charge in [0, 0.05) is 19.2 Å². The Morgan fingerprint density at radius 3 is 2.38 bits per heavy atom. The molecule has 0 radical (unpaired) electrons. The Morgan fingerprint density at radius 2 is 1.77 bits per heavy atom. The van der Waals surface area contributed by atoms with Crippen LogP contribution in [0.3, 0.4) is 0 Å². The van der Waals surface area contributed by atoms with Crippen molar-refractivity contribution in [1.29, 1.82) is 0 Å². The highest BCUT2D eigenvalue weighted by atomic mass is 35.5. The van der Waals surface area contributed by atoms with Crippen LogP contribution < -0.4 is 16.0 Å². The second-order valence-electron chi connectivity index (χ2n) is 8.38. The van der Waals surface area contributed by atoms with Gasteiger partial charge in [-0.25, -0.2) is 18.8 Å². The number of benzene rings is 2. The molecule has 0 saturated heterocycles. The van der Waals surface area contributed by atoms with Gasteiger partial charge in [0.1, 0.15) is 23.9 Å². The summed E-state index contributed by atoms with van der Waals surface area (Å²) in [6.45, 7) is 0.819. The highest BCUT2D eigenvalue weighted by Gasteiger charge is 2.35. The number of hydroxylamine groups is 2. The first-order valence-electron chi connectivity index (χ1n) is 11.5. The predicted octanol–water partition coefficient (Wildman–Crippen LogP) is 3.55. The highest BCUT2D eigenvalue weighted by Crippen LogP contribution is 2.31. The van der Waals surface area contributed by atoms with Gasteiger partial charge in [-0.05, 0) is 18.6 Å². The molecule has 1 unspecified atom stereocenters. The van der Waals surface area contributed by atoms with Crippen LogP contribution >= 0.6 is 11.6 Å². The molecule has 0 spiro atoms. The molecule has 3 aromatic rings. The molecule has 0 aliphatic carbocycles. The summed E-state index contributed by atoms with van der Waals surface area (Å²) in [5.74, 6) is -3.68. The second kappa shape index (κ2) is 12.3. The van der Waals surface area contributed by atoms with Crippen molar-refractivity contribution in [1.82, 2.24) is 14.2 Å². The number of carbonyl (C=O) groups is 2. The third-order valence-electron chi connectivity index (χ3n) is 5.51. The molecule has 3 rings (SSSR count). The number of alkyl halides is 3. The number of carboxylic acid groups (broad SMARTS) is 1. The van der Waals surface area contributed by atoms with E-state index < -0.39 is 64.8 Å². The number of carboxylic acids is 1. The lowest BCUT2D eigenvalue weighted by molar-refractivity contribution is -0.198. The number of rotatable bonds is 10. The van der Waals surface area contributed by atoms with E-state index in [2.05, 4.69) is 0 Å². The zero-order valence-corrected chi connectivity index (χ0v) is 21.7. The van der Waals surface area contributed by atoms with Gasteiger partial charge in [0.15, 0.2) is 6.10 Å². The average Bonchev–Trinajstić information content (AvgIpc) is 2.88. The fourth-order valence-corrected chi connectivity index (χ4v) is 3.70. The minimum absolute atomic E-state index is 0.0828. The molecule has 0 bridgehead atoms. The summed E-state index contributed by atoms with van der Waals surface area (Å²) in [7, 11) is 0.758. The van der Waals surface area contributed by atoms with Gasteiger partial charge < -0.3 is 9.84 Å². The smallest absolute Gasteiger partial charge is 0.431 e. The Bertz CT molecular complexity index is 1520. The maximum Gasteiger partial charge on any atom is 0.431 e. The van der Waals surface area contributed by atoms with E-state index in [0.29, 0.717) is 11.6 Å². The van der Waals surface area contributed by atoms with Crippen molar-refractivity contribution >= 4 is 23.5 Å². The molecule has 2 aromatic carbocycles. The van der Waals surface area contributed by atoms with E-state index in [1.54, 1.807) is 30.3 Å². The first-order chi connectivity index (χ1) is 18.7. The topological polar surface area (TPSA) is 120 Å². The van der Waals surface area contributed by atoms with Gasteiger partial charge in [-0.1, -0.05) is 41.9 Å². The van der Waals surface area contributed by atoms with E-state index >= 15 is 0 Å². The SMILES string of the molecule is CC(Oc1cc(-n2c(=O)cc(C(F)(F)F)n(C)c2=O)c(F)cc1Cl)C(=O)N(CCC(=O)O)OCc1ccccc1. The van der Waals surface area contributed by atoms with Crippen molar-refractivity contribution in [2.75, 3.05) is 6.54 Å². The van der Waals surface area contributed by atoms with Crippen molar-refractivity contribution in [2.24, 2.45) is 7.05 Å². The number of nitrogens with zero attached hydrogens (tertiary/aromatic N) is 3. The Hall–Kier alpha value is -4.17. The minimum Gasteiger partial charge on any atom is -0.481 e. The third kappa shape index (κ3) is 7.07. The Morgan fingerprint density at radius 1 is 1.12 bits per heavy atom. The van der Waals surface area contributed by atoms with Gasteiger partial charge >= 0.3 is 17.8 Å². The van der Waals surface area contributed by atoms with Crippen LogP contribution in [0.25, 0.3) is 5.69 Å². The fourth-order valence-electron chi connectivity index (χ4n) is 3.51. The molecule has 1 aromatic heterocycles. The normalized spacial score (nSPS) is 12.2. The van der Waals surface area contributed by atoms with E-state index in [0.717, 1.165) is 18.2 Å². The zero-order chi connectivity index (χ0) is 29.8. The number of halogens is 5. The summed E-state index contributed by atoms with van der Waals surface area (Å²) >= 11 is 6.04. The molecule has 0 aliphatic rings. The van der Waals surface area contributed by atoms with Gasteiger partial charge in [0.25, 0.3) is 11.5 Å². The van der Waals surface area contributed by atoms with Crippen LogP contribution in [-0.4, -0.2) is 43.8 Å². The van der Waals surface area contributed by atoms with E-state index in [4.69, 9.17) is 26.3 Å². The van der Waals surface area contributed by atoms with Crippen molar-refractivity contribution in [3.8, 4) is 11.4 Å². The van der Waals surface area contributed by atoms with Crippen molar-refractivity contribution < 1.29 is 41.8 Å². The number of ether oxygens (including phenoxy) is 1. The summed E-state index contributed by atoms with van der Waals surface area (Å²) in [4.78, 5) is 54.6. The van der Waals surface area contributed by atoms with Gasteiger partial charge in [-0.3, -0.25) is 23.8 Å². The van der Waals surface area contributed by atoms with Gasteiger partial charge in [-0.15, -0.1) is 0 Å². The summed E-state index contributed by atoms with van der Waals surface area (Å²) in [6.07, 6.45) is -6.90. The maximum absolute atomic E-state index is 14.8. The summed E-state index contributed by atoms with van der Waals surface area (Å²) in [5.41, 5.74) is -4.60. The monoisotopic (exact) mass is 587 g/mol. The zero-order valence-electron chi connectivity index (χ0n) is 20.9. The molecule has 1 amide bonds. The molecule has 1 heterocycles. The first kappa shape index (κ1) is 30.4. The molecule has 40 heavy (non-hydrogen) atoms. The fraction of sp³-hybridized carbons (Fsp3) is 0.280. The Balaban J connectivity index is 1.92. The van der Waals surface area contributed by atoms with Crippen LogP contribution in [0.15, 0.2) is 58.1 Å². The number of amides is 1. The molecular weight excluding hydrogens is 566 g/mol. The molecule has 0 aliphatic heterocycles. The highest BCUT2D eigenvalue weighted by molar-refractivity contribution is 6.32. The lowest BCUT2D eigenvalue weighted by Crippen LogP contribution is -2.42. The van der Waals surface area contributed by atoms with Crippen LogP contribution in [0, 0.1) is 5.82 Å². The van der Waals surface area contributed by atoms with Gasteiger partial charge in [0.2, 0.25) is 0 Å². The second-order valence-corrected chi connectivity index (χ2v) is 8.79. The number of aromatic nitrogens is 2. The maximum atomic E-state index is 14.8. The number of hydrogen-bond donors (Lipinski definition) is 1. The van der Waals surface area contributed by atoms with Crippen molar-refractivity contribution in [2.45, 2.75) is 32.2 Å². The summed E-state index contributed by atoms with van der Waals surface area (Å²) < 4.78 is 60.1. The van der Waals surface area contributed by atoms with E-state index in [9.17, 15) is 36.7 Å². The lowest BCUT2D eigenvalue weighted by Gasteiger charge is -2.25. The predicted molar refractivity (Wildman–Crippen MR) is 133 cm³/mol. The molecule has 0 fully saturated rings. The Kier molecular flexibility index (Phi) is 9.37. The molecule has 0 saturated carbocycles. The van der Waals surface area contributed by atoms with E-state index in [1.807, 2.05) is 0 Å².